The van der Waals surface area contributed by atoms with Gasteiger partial charge in [0.1, 0.15) is 12.4 Å². The molecule has 30 heavy (non-hydrogen) atoms. The second-order valence-corrected chi connectivity index (χ2v) is 7.81. The van der Waals surface area contributed by atoms with Gasteiger partial charge in [0, 0.05) is 38.3 Å². The Hall–Kier alpha value is -2.41. The predicted octanol–water partition coefficient (Wildman–Crippen LogP) is 3.01. The fraction of sp³-hybridized carbons (Fsp3) is 0.458. The van der Waals surface area contributed by atoms with Crippen molar-refractivity contribution >= 4 is 5.91 Å². The normalized spacial score (nSPS) is 19.5. The smallest absolute Gasteiger partial charge is 0.251 e. The number of amides is 1. The minimum Gasteiger partial charge on any atom is -0.491 e. The molecular formula is C24H30N2O4. The van der Waals surface area contributed by atoms with Crippen LogP contribution < -0.4 is 10.1 Å². The highest BCUT2D eigenvalue weighted by atomic mass is 16.5. The van der Waals surface area contributed by atoms with Crippen molar-refractivity contribution in [1.29, 1.82) is 0 Å². The largest absolute Gasteiger partial charge is 0.491 e. The highest BCUT2D eigenvalue weighted by molar-refractivity contribution is 5.94. The summed E-state index contributed by atoms with van der Waals surface area (Å²) in [7, 11) is 0. The molecule has 0 aromatic heterocycles. The average Bonchev–Trinajstić information content (AvgIpc) is 3.32. The molecule has 2 aliphatic rings. The maximum absolute atomic E-state index is 12.6. The number of rotatable bonds is 8. The first-order valence-electron chi connectivity index (χ1n) is 10.8. The van der Waals surface area contributed by atoms with Crippen LogP contribution in [0.2, 0.25) is 0 Å². The first kappa shape index (κ1) is 20.8. The van der Waals surface area contributed by atoms with Crippen LogP contribution in [0.1, 0.15) is 34.3 Å². The number of hydrogen-bond acceptors (Lipinski definition) is 5. The molecule has 2 fully saturated rings. The fourth-order valence-corrected chi connectivity index (χ4v) is 3.83. The van der Waals surface area contributed by atoms with Crippen LogP contribution in [-0.4, -0.2) is 56.4 Å². The number of carbonyl (C=O) groups excluding carboxylic acids is 1. The van der Waals surface area contributed by atoms with Crippen LogP contribution in [-0.2, 0) is 22.6 Å². The van der Waals surface area contributed by atoms with Crippen molar-refractivity contribution in [2.45, 2.75) is 32.0 Å². The SMILES string of the molecule is O=C(NCc1ccccc1CN1CCOCC1)c1ccc(OCC2CCCO2)cc1. The molecule has 0 aliphatic carbocycles. The van der Waals surface area contributed by atoms with Gasteiger partial charge in [0.05, 0.1) is 19.3 Å². The molecule has 1 N–H and O–H groups in total. The molecule has 2 aromatic rings. The predicted molar refractivity (Wildman–Crippen MR) is 115 cm³/mol. The fourth-order valence-electron chi connectivity index (χ4n) is 3.83. The topological polar surface area (TPSA) is 60.0 Å². The molecule has 2 heterocycles. The van der Waals surface area contributed by atoms with Crippen molar-refractivity contribution in [2.75, 3.05) is 39.5 Å². The first-order valence-corrected chi connectivity index (χ1v) is 10.8. The van der Waals surface area contributed by atoms with E-state index in [-0.39, 0.29) is 12.0 Å². The number of morpholine rings is 1. The third-order valence-corrected chi connectivity index (χ3v) is 5.63. The van der Waals surface area contributed by atoms with Crippen LogP contribution in [0.25, 0.3) is 0 Å². The second-order valence-electron chi connectivity index (χ2n) is 7.81. The Morgan fingerprint density at radius 1 is 1.03 bits per heavy atom. The van der Waals surface area contributed by atoms with E-state index in [9.17, 15) is 4.79 Å². The summed E-state index contributed by atoms with van der Waals surface area (Å²) in [5.74, 6) is 0.680. The first-order chi connectivity index (χ1) is 14.8. The summed E-state index contributed by atoms with van der Waals surface area (Å²) in [4.78, 5) is 15.0. The third-order valence-electron chi connectivity index (χ3n) is 5.63. The monoisotopic (exact) mass is 410 g/mol. The molecule has 0 spiro atoms. The van der Waals surface area contributed by atoms with Gasteiger partial charge in [-0.05, 0) is 48.2 Å². The summed E-state index contributed by atoms with van der Waals surface area (Å²) in [6.07, 6.45) is 2.33. The standard InChI is InChI=1S/C24H30N2O4/c27-24(19-7-9-22(10-8-19)30-18-23-6-3-13-29-23)25-16-20-4-1-2-5-21(20)17-26-11-14-28-15-12-26/h1-2,4-5,7-10,23H,3,6,11-18H2,(H,25,27). The molecule has 2 aromatic carbocycles. The lowest BCUT2D eigenvalue weighted by Gasteiger charge is -2.27. The summed E-state index contributed by atoms with van der Waals surface area (Å²) >= 11 is 0. The Morgan fingerprint density at radius 2 is 1.80 bits per heavy atom. The molecule has 1 unspecified atom stereocenters. The molecule has 2 saturated heterocycles. The van der Waals surface area contributed by atoms with Crippen molar-refractivity contribution in [3.05, 3.63) is 65.2 Å². The molecule has 1 atom stereocenters. The Morgan fingerprint density at radius 3 is 2.53 bits per heavy atom. The lowest BCUT2D eigenvalue weighted by molar-refractivity contribution is 0.0340. The molecule has 6 nitrogen and oxygen atoms in total. The highest BCUT2D eigenvalue weighted by Gasteiger charge is 2.16. The molecule has 0 radical (unpaired) electrons. The average molecular weight is 411 g/mol. The van der Waals surface area contributed by atoms with Gasteiger partial charge in [-0.2, -0.15) is 0 Å². The van der Waals surface area contributed by atoms with E-state index in [0.717, 1.165) is 63.6 Å². The Bertz CT molecular complexity index is 812. The van der Waals surface area contributed by atoms with Gasteiger partial charge < -0.3 is 19.5 Å². The molecule has 160 valence electrons. The van der Waals surface area contributed by atoms with Crippen LogP contribution in [0.15, 0.2) is 48.5 Å². The number of carbonyl (C=O) groups is 1. The minimum absolute atomic E-state index is 0.0816. The zero-order valence-corrected chi connectivity index (χ0v) is 17.3. The van der Waals surface area contributed by atoms with E-state index in [4.69, 9.17) is 14.2 Å². The van der Waals surface area contributed by atoms with Gasteiger partial charge in [-0.3, -0.25) is 9.69 Å². The Labute approximate surface area is 178 Å². The van der Waals surface area contributed by atoms with Crippen molar-refractivity contribution < 1.29 is 19.0 Å². The summed E-state index contributed by atoms with van der Waals surface area (Å²) in [5.41, 5.74) is 3.02. The van der Waals surface area contributed by atoms with Crippen LogP contribution >= 0.6 is 0 Å². The summed E-state index contributed by atoms with van der Waals surface area (Å²) in [5, 5.41) is 3.05. The maximum Gasteiger partial charge on any atom is 0.251 e. The van der Waals surface area contributed by atoms with Gasteiger partial charge in [0.15, 0.2) is 0 Å². The van der Waals surface area contributed by atoms with E-state index in [1.165, 1.54) is 5.56 Å². The molecule has 4 rings (SSSR count). The van der Waals surface area contributed by atoms with Gasteiger partial charge in [0.25, 0.3) is 5.91 Å². The van der Waals surface area contributed by atoms with Gasteiger partial charge in [0.2, 0.25) is 0 Å². The number of ether oxygens (including phenoxy) is 3. The highest BCUT2D eigenvalue weighted by Crippen LogP contribution is 2.17. The zero-order valence-electron chi connectivity index (χ0n) is 17.3. The molecular weight excluding hydrogens is 380 g/mol. The number of benzene rings is 2. The third kappa shape index (κ3) is 5.81. The Kier molecular flexibility index (Phi) is 7.34. The van der Waals surface area contributed by atoms with Crippen molar-refractivity contribution in [2.24, 2.45) is 0 Å². The van der Waals surface area contributed by atoms with E-state index in [1.807, 2.05) is 18.2 Å². The molecule has 6 heteroatoms. The lowest BCUT2D eigenvalue weighted by Crippen LogP contribution is -2.36. The minimum atomic E-state index is -0.0816. The zero-order chi connectivity index (χ0) is 20.6. The van der Waals surface area contributed by atoms with E-state index in [0.29, 0.717) is 18.7 Å². The van der Waals surface area contributed by atoms with Gasteiger partial charge in [-0.15, -0.1) is 0 Å². The molecule has 0 saturated carbocycles. The van der Waals surface area contributed by atoms with Gasteiger partial charge in [-0.1, -0.05) is 24.3 Å². The lowest BCUT2D eigenvalue weighted by atomic mass is 10.1. The van der Waals surface area contributed by atoms with Crippen LogP contribution in [0.4, 0.5) is 0 Å². The van der Waals surface area contributed by atoms with E-state index >= 15 is 0 Å². The van der Waals surface area contributed by atoms with Crippen LogP contribution in [0.5, 0.6) is 5.75 Å². The second kappa shape index (κ2) is 10.6. The van der Waals surface area contributed by atoms with Gasteiger partial charge in [-0.25, -0.2) is 0 Å². The molecule has 1 amide bonds. The van der Waals surface area contributed by atoms with Crippen molar-refractivity contribution in [3.8, 4) is 5.75 Å². The maximum atomic E-state index is 12.6. The van der Waals surface area contributed by atoms with Crippen LogP contribution in [0, 0.1) is 0 Å². The molecule has 0 bridgehead atoms. The quantitative estimate of drug-likeness (QED) is 0.725. The number of nitrogens with one attached hydrogen (secondary N) is 1. The van der Waals surface area contributed by atoms with Crippen molar-refractivity contribution in [3.63, 3.8) is 0 Å². The number of hydrogen-bond donors (Lipinski definition) is 1. The van der Waals surface area contributed by atoms with Gasteiger partial charge >= 0.3 is 0 Å². The van der Waals surface area contributed by atoms with E-state index in [1.54, 1.807) is 12.1 Å². The van der Waals surface area contributed by atoms with Crippen molar-refractivity contribution in [1.82, 2.24) is 10.2 Å². The van der Waals surface area contributed by atoms with E-state index < -0.39 is 0 Å². The Balaban J connectivity index is 1.29. The van der Waals surface area contributed by atoms with Crippen LogP contribution in [0.3, 0.4) is 0 Å². The summed E-state index contributed by atoms with van der Waals surface area (Å²) < 4.78 is 16.8. The summed E-state index contributed by atoms with van der Waals surface area (Å²) in [6, 6.07) is 15.6. The van der Waals surface area contributed by atoms with E-state index in [2.05, 4.69) is 28.4 Å². The summed E-state index contributed by atoms with van der Waals surface area (Å²) in [6.45, 7) is 6.24. The number of nitrogens with zero attached hydrogens (tertiary/aromatic N) is 1. The molecule has 2 aliphatic heterocycles.